The molecule has 0 spiro atoms. The van der Waals surface area contributed by atoms with Crippen molar-refractivity contribution in [3.63, 3.8) is 0 Å². The van der Waals surface area contributed by atoms with Gasteiger partial charge in [-0.3, -0.25) is 0 Å². The van der Waals surface area contributed by atoms with Gasteiger partial charge in [0.1, 0.15) is 0 Å². The van der Waals surface area contributed by atoms with Gasteiger partial charge in [-0.15, -0.1) is 0 Å². The molecule has 1 aliphatic rings. The molecule has 0 bridgehead atoms. The van der Waals surface area contributed by atoms with Gasteiger partial charge in [0.05, 0.1) is 0 Å². The molecule has 0 fully saturated rings. The minimum atomic E-state index is -0.0369. The molecule has 0 amide bonds. The van der Waals surface area contributed by atoms with E-state index in [2.05, 4.69) is 9.91 Å². The second-order valence-corrected chi connectivity index (χ2v) is 5.69. The summed E-state index contributed by atoms with van der Waals surface area (Å²) < 4.78 is 4.06. The first-order chi connectivity index (χ1) is 3.00. The molecule has 39 valence electrons. The largest absolute Gasteiger partial charge is 0.412 e. The summed E-state index contributed by atoms with van der Waals surface area (Å²) >= 11 is -0.0369. The molecule has 2 N–H and O–H groups in total. The zero-order chi connectivity index (χ0) is 4.24. The van der Waals surface area contributed by atoms with Crippen LogP contribution >= 0.6 is 0 Å². The minimum absolute atomic E-state index is 0. The van der Waals surface area contributed by atoms with Crippen LogP contribution in [-0.2, 0) is 0 Å². The smallest absolute Gasteiger partial charge is 0.412 e. The van der Waals surface area contributed by atoms with Gasteiger partial charge in [0.25, 0.3) is 0 Å². The second kappa shape index (κ2) is 4.72. The third-order valence-corrected chi connectivity index (χ3v) is 4.68. The second-order valence-electron chi connectivity index (χ2n) is 1.59. The van der Waals surface area contributed by atoms with Crippen LogP contribution in [0.2, 0.25) is 4.18 Å². The summed E-state index contributed by atoms with van der Waals surface area (Å²) in [7, 11) is 0. The molecule has 0 aromatic heterocycles. The van der Waals surface area contributed by atoms with Crippen molar-refractivity contribution >= 4 is 22.9 Å². The Morgan fingerprint density at radius 1 is 1.43 bits per heavy atom. The summed E-state index contributed by atoms with van der Waals surface area (Å²) in [5.41, 5.74) is 0. The molecule has 0 aromatic carbocycles. The first-order valence-electron chi connectivity index (χ1n) is 2.48. The van der Waals surface area contributed by atoms with Gasteiger partial charge < -0.3 is 5.48 Å². The van der Waals surface area contributed by atoms with Gasteiger partial charge in [0.2, 0.25) is 0 Å². The van der Waals surface area contributed by atoms with Gasteiger partial charge in [-0.1, -0.05) is 0 Å². The summed E-state index contributed by atoms with van der Waals surface area (Å²) in [5.74, 6) is 0. The van der Waals surface area contributed by atoms with E-state index < -0.39 is 0 Å². The topological polar surface area (TPSA) is 31.5 Å². The van der Waals surface area contributed by atoms with E-state index >= 15 is 0 Å². The van der Waals surface area contributed by atoms with Gasteiger partial charge in [-0.2, -0.15) is 0 Å². The van der Waals surface area contributed by atoms with E-state index in [1.165, 1.54) is 12.8 Å². The van der Waals surface area contributed by atoms with Crippen molar-refractivity contribution in [2.24, 2.45) is 0 Å². The fourth-order valence-electron chi connectivity index (χ4n) is 0.642. The fourth-order valence-corrected chi connectivity index (χ4v) is 3.64. The van der Waals surface area contributed by atoms with E-state index in [9.17, 15) is 0 Å². The van der Waals surface area contributed by atoms with E-state index in [0.29, 0.717) is 0 Å². The van der Waals surface area contributed by atoms with Crippen LogP contribution in [0.25, 0.3) is 0 Å². The Morgan fingerprint density at radius 3 is 2.43 bits per heavy atom. The van der Waals surface area contributed by atoms with Crippen molar-refractivity contribution in [2.75, 3.05) is 0 Å². The summed E-state index contributed by atoms with van der Waals surface area (Å²) in [5, 5.41) is 0. The Hall–Kier alpha value is 0.570. The van der Waals surface area contributed by atoms with Crippen molar-refractivity contribution in [2.45, 2.75) is 17.0 Å². The number of rotatable bonds is 0. The van der Waals surface area contributed by atoms with Crippen LogP contribution in [0.4, 0.5) is 0 Å². The number of allylic oxidation sites excluding steroid dienone is 1. The van der Waals surface area contributed by atoms with Crippen molar-refractivity contribution in [1.82, 2.24) is 0 Å². The third-order valence-electron chi connectivity index (χ3n) is 1.01. The Balaban J connectivity index is 0.000000360. The Morgan fingerprint density at radius 2 is 2.29 bits per heavy atom. The number of hydrogen-bond acceptors (Lipinski definition) is 0. The molecular weight excluding hydrogens is 191 g/mol. The molecule has 0 saturated heterocycles. The van der Waals surface area contributed by atoms with Crippen molar-refractivity contribution in [3.05, 3.63) is 9.91 Å². The van der Waals surface area contributed by atoms with E-state index in [1.807, 2.05) is 0 Å². The molecule has 1 aliphatic heterocycles. The van der Waals surface area contributed by atoms with Crippen LogP contribution < -0.4 is 0 Å². The third kappa shape index (κ3) is 3.18. The molecular formula is C5H10InO. The first kappa shape index (κ1) is 7.57. The Bertz CT molecular complexity index is 53.1. The van der Waals surface area contributed by atoms with Gasteiger partial charge in [0, 0.05) is 0 Å². The zero-order valence-corrected chi connectivity index (χ0v) is 7.65. The molecule has 7 heavy (non-hydrogen) atoms. The standard InChI is InChI=1S/C5H8.In.H2O/c1-3-5-4-2;;/h1,3H,2,4-5H2;;1H2. The van der Waals surface area contributed by atoms with Crippen LogP contribution in [0.1, 0.15) is 12.8 Å². The van der Waals surface area contributed by atoms with Crippen molar-refractivity contribution in [3.8, 4) is 0 Å². The van der Waals surface area contributed by atoms with Gasteiger partial charge >= 0.3 is 49.8 Å². The molecule has 1 heterocycles. The van der Waals surface area contributed by atoms with Crippen LogP contribution in [0.5, 0.6) is 0 Å². The van der Waals surface area contributed by atoms with E-state index in [-0.39, 0.29) is 28.4 Å². The quantitative estimate of drug-likeness (QED) is 0.549. The molecule has 0 aliphatic carbocycles. The molecule has 1 nitrogen and oxygen atoms in total. The van der Waals surface area contributed by atoms with Crippen molar-refractivity contribution in [1.29, 1.82) is 0 Å². The average Bonchev–Trinajstić information content (AvgIpc) is 1.72. The number of hydrogen-bond donors (Lipinski definition) is 0. The van der Waals surface area contributed by atoms with Crippen molar-refractivity contribution < 1.29 is 5.48 Å². The maximum absolute atomic E-state index is 2.46. The van der Waals surface area contributed by atoms with Crippen LogP contribution in [0.3, 0.4) is 0 Å². The SMILES string of the molecule is C1=[CH][In][CH2]CC1.O. The molecule has 0 saturated carbocycles. The first-order valence-corrected chi connectivity index (χ1v) is 6.72. The summed E-state index contributed by atoms with van der Waals surface area (Å²) in [6.07, 6.45) is 5.22. The molecule has 1 radical (unpaired) electrons. The minimum Gasteiger partial charge on any atom is -0.412 e. The van der Waals surface area contributed by atoms with Gasteiger partial charge in [-0.05, 0) is 0 Å². The predicted molar refractivity (Wildman–Crippen MR) is 32.5 cm³/mol. The van der Waals surface area contributed by atoms with Crippen LogP contribution in [0, 0.1) is 0 Å². The average molecular weight is 201 g/mol. The maximum Gasteiger partial charge on any atom is -0.412 e. The zero-order valence-electron chi connectivity index (χ0n) is 4.35. The molecule has 2 heteroatoms. The monoisotopic (exact) mass is 201 g/mol. The predicted octanol–water partition coefficient (Wildman–Crippen LogP) is 0.592. The Kier molecular flexibility index (Phi) is 5.11. The normalized spacial score (nSPS) is 17.1. The van der Waals surface area contributed by atoms with Crippen LogP contribution in [-0.4, -0.2) is 28.4 Å². The van der Waals surface area contributed by atoms with E-state index in [1.54, 1.807) is 4.18 Å². The van der Waals surface area contributed by atoms with Gasteiger partial charge in [-0.25, -0.2) is 0 Å². The van der Waals surface area contributed by atoms with Gasteiger partial charge in [0.15, 0.2) is 0 Å². The molecule has 0 atom stereocenters. The fraction of sp³-hybridized carbons (Fsp3) is 0.600. The Labute approximate surface area is 55.5 Å². The van der Waals surface area contributed by atoms with E-state index in [0.717, 1.165) is 0 Å². The maximum atomic E-state index is 2.46. The summed E-state index contributed by atoms with van der Waals surface area (Å²) in [4.78, 5) is 0. The molecule has 0 aromatic rings. The molecule has 0 unspecified atom stereocenters. The summed E-state index contributed by atoms with van der Waals surface area (Å²) in [6, 6.07) is 0. The molecule has 1 rings (SSSR count). The summed E-state index contributed by atoms with van der Waals surface area (Å²) in [6.45, 7) is 0. The van der Waals surface area contributed by atoms with E-state index in [4.69, 9.17) is 0 Å². The van der Waals surface area contributed by atoms with Crippen LogP contribution in [0.15, 0.2) is 9.91 Å².